The molecule has 1 N–H and O–H groups in total. The van der Waals surface area contributed by atoms with Crippen LogP contribution < -0.4 is 5.32 Å². The molecule has 1 heterocycles. The molecule has 3 rings (SSSR count). The molecule has 0 unspecified atom stereocenters. The zero-order chi connectivity index (χ0) is 15.0. The van der Waals surface area contributed by atoms with Gasteiger partial charge in [0.25, 0.3) is 5.91 Å². The molecule has 0 saturated carbocycles. The molecule has 0 aliphatic rings. The van der Waals surface area contributed by atoms with Gasteiger partial charge in [0.2, 0.25) is 0 Å². The third kappa shape index (κ3) is 2.96. The first-order valence-electron chi connectivity index (χ1n) is 6.35. The molecule has 3 nitrogen and oxygen atoms in total. The number of anilines is 1. The van der Waals surface area contributed by atoms with Crippen molar-refractivity contribution in [3.8, 4) is 0 Å². The van der Waals surface area contributed by atoms with Gasteiger partial charge in [-0.05, 0) is 41.1 Å². The molecular formula is C16H12BrClN2O. The van der Waals surface area contributed by atoms with Gasteiger partial charge in [0.15, 0.2) is 0 Å². The Hall–Kier alpha value is -1.78. The minimum atomic E-state index is -0.180. The van der Waals surface area contributed by atoms with Gasteiger partial charge in [0.05, 0.1) is 5.02 Å². The Kier molecular flexibility index (Phi) is 3.74. The molecule has 3 aromatic rings. The number of nitrogens with zero attached hydrogens (tertiary/aromatic N) is 1. The van der Waals surface area contributed by atoms with Crippen LogP contribution in [-0.2, 0) is 7.05 Å². The van der Waals surface area contributed by atoms with Crippen LogP contribution >= 0.6 is 27.5 Å². The van der Waals surface area contributed by atoms with Crippen LogP contribution in [0.3, 0.4) is 0 Å². The van der Waals surface area contributed by atoms with Crippen molar-refractivity contribution in [1.29, 1.82) is 0 Å². The van der Waals surface area contributed by atoms with Crippen molar-refractivity contribution in [2.24, 2.45) is 7.05 Å². The van der Waals surface area contributed by atoms with Gasteiger partial charge in [0, 0.05) is 23.4 Å². The molecule has 2 aromatic carbocycles. The Morgan fingerprint density at radius 2 is 1.86 bits per heavy atom. The van der Waals surface area contributed by atoms with Crippen molar-refractivity contribution in [3.63, 3.8) is 0 Å². The lowest BCUT2D eigenvalue weighted by atomic mass is 10.1. The summed E-state index contributed by atoms with van der Waals surface area (Å²) in [4.78, 5) is 12.2. The maximum Gasteiger partial charge on any atom is 0.272 e. The van der Waals surface area contributed by atoms with Crippen molar-refractivity contribution in [2.45, 2.75) is 0 Å². The summed E-state index contributed by atoms with van der Waals surface area (Å²) in [7, 11) is 1.79. The molecule has 21 heavy (non-hydrogen) atoms. The fraction of sp³-hybridized carbons (Fsp3) is 0.0625. The number of fused-ring (bicyclic) bond motifs is 1. The summed E-state index contributed by atoms with van der Waals surface area (Å²) < 4.78 is 2.74. The second-order valence-corrected chi connectivity index (χ2v) is 6.17. The van der Waals surface area contributed by atoms with E-state index in [1.54, 1.807) is 23.9 Å². The van der Waals surface area contributed by atoms with Crippen molar-refractivity contribution in [3.05, 3.63) is 63.9 Å². The molecular weight excluding hydrogens is 352 g/mol. The number of aromatic nitrogens is 1. The van der Waals surface area contributed by atoms with Crippen LogP contribution in [0.1, 0.15) is 10.5 Å². The highest BCUT2D eigenvalue weighted by Gasteiger charge is 2.11. The van der Waals surface area contributed by atoms with E-state index in [0.29, 0.717) is 10.7 Å². The maximum absolute atomic E-state index is 12.2. The SMILES string of the molecule is Cn1cc(Cl)cc1C(=O)Nc1ccc2cc(Br)ccc2c1. The van der Waals surface area contributed by atoms with Crippen molar-refractivity contribution in [1.82, 2.24) is 4.57 Å². The van der Waals surface area contributed by atoms with E-state index in [9.17, 15) is 4.79 Å². The van der Waals surface area contributed by atoms with Crippen molar-refractivity contribution >= 4 is 49.9 Å². The van der Waals surface area contributed by atoms with E-state index >= 15 is 0 Å². The largest absolute Gasteiger partial charge is 0.345 e. The summed E-state index contributed by atoms with van der Waals surface area (Å²) >= 11 is 9.35. The summed E-state index contributed by atoms with van der Waals surface area (Å²) in [5.74, 6) is -0.180. The molecule has 0 spiro atoms. The lowest BCUT2D eigenvalue weighted by molar-refractivity contribution is 0.101. The Morgan fingerprint density at radius 1 is 1.14 bits per heavy atom. The van der Waals surface area contributed by atoms with Gasteiger partial charge < -0.3 is 9.88 Å². The lowest BCUT2D eigenvalue weighted by Crippen LogP contribution is -2.15. The number of carbonyl (C=O) groups is 1. The number of halogens is 2. The van der Waals surface area contributed by atoms with Crippen LogP contribution in [-0.4, -0.2) is 10.5 Å². The number of aryl methyl sites for hydroxylation is 1. The van der Waals surface area contributed by atoms with E-state index < -0.39 is 0 Å². The summed E-state index contributed by atoms with van der Waals surface area (Å²) in [6.45, 7) is 0. The predicted octanol–water partition coefficient (Wildman–Crippen LogP) is 4.85. The van der Waals surface area contributed by atoms with Gasteiger partial charge in [0.1, 0.15) is 5.69 Å². The van der Waals surface area contributed by atoms with Crippen LogP contribution in [0.5, 0.6) is 0 Å². The summed E-state index contributed by atoms with van der Waals surface area (Å²) in [6, 6.07) is 13.5. The van der Waals surface area contributed by atoms with Crippen LogP contribution in [0.15, 0.2) is 53.1 Å². The van der Waals surface area contributed by atoms with Crippen molar-refractivity contribution < 1.29 is 4.79 Å². The Labute approximate surface area is 135 Å². The van der Waals surface area contributed by atoms with Gasteiger partial charge >= 0.3 is 0 Å². The number of hydrogen-bond donors (Lipinski definition) is 1. The highest BCUT2D eigenvalue weighted by atomic mass is 79.9. The fourth-order valence-corrected chi connectivity index (χ4v) is 2.87. The molecule has 0 atom stereocenters. The minimum absolute atomic E-state index is 0.180. The molecule has 0 aliphatic heterocycles. The van der Waals surface area contributed by atoms with E-state index in [0.717, 1.165) is 20.9 Å². The average Bonchev–Trinajstić information content (AvgIpc) is 2.78. The van der Waals surface area contributed by atoms with E-state index in [-0.39, 0.29) is 5.91 Å². The lowest BCUT2D eigenvalue weighted by Gasteiger charge is -2.07. The van der Waals surface area contributed by atoms with E-state index in [2.05, 4.69) is 21.2 Å². The third-order valence-corrected chi connectivity index (χ3v) is 3.96. The first kappa shape index (κ1) is 14.2. The number of hydrogen-bond acceptors (Lipinski definition) is 1. The smallest absolute Gasteiger partial charge is 0.272 e. The highest BCUT2D eigenvalue weighted by molar-refractivity contribution is 9.10. The first-order chi connectivity index (χ1) is 10.0. The van der Waals surface area contributed by atoms with Gasteiger partial charge in [-0.2, -0.15) is 0 Å². The predicted molar refractivity (Wildman–Crippen MR) is 90.0 cm³/mol. The van der Waals surface area contributed by atoms with E-state index in [1.165, 1.54) is 0 Å². The monoisotopic (exact) mass is 362 g/mol. The first-order valence-corrected chi connectivity index (χ1v) is 7.52. The molecule has 106 valence electrons. The number of amides is 1. The zero-order valence-corrected chi connectivity index (χ0v) is 13.6. The molecule has 0 aliphatic carbocycles. The highest BCUT2D eigenvalue weighted by Crippen LogP contribution is 2.23. The molecule has 0 bridgehead atoms. The van der Waals surface area contributed by atoms with Crippen molar-refractivity contribution in [2.75, 3.05) is 5.32 Å². The number of rotatable bonds is 2. The van der Waals surface area contributed by atoms with Gasteiger partial charge in [-0.1, -0.05) is 39.7 Å². The van der Waals surface area contributed by atoms with Gasteiger partial charge in [-0.25, -0.2) is 0 Å². The Bertz CT molecular complexity index is 841. The van der Waals surface area contributed by atoms with Crippen LogP contribution in [0.2, 0.25) is 5.02 Å². The summed E-state index contributed by atoms with van der Waals surface area (Å²) in [5, 5.41) is 5.62. The average molecular weight is 364 g/mol. The van der Waals surface area contributed by atoms with Gasteiger partial charge in [-0.15, -0.1) is 0 Å². The summed E-state index contributed by atoms with van der Waals surface area (Å²) in [5.41, 5.74) is 1.28. The van der Waals surface area contributed by atoms with E-state index in [4.69, 9.17) is 11.6 Å². The van der Waals surface area contributed by atoms with Crippen LogP contribution in [0.25, 0.3) is 10.8 Å². The quantitative estimate of drug-likeness (QED) is 0.694. The molecule has 0 radical (unpaired) electrons. The zero-order valence-electron chi connectivity index (χ0n) is 11.2. The molecule has 0 fully saturated rings. The van der Waals surface area contributed by atoms with Gasteiger partial charge in [-0.3, -0.25) is 4.79 Å². The molecule has 1 aromatic heterocycles. The normalized spacial score (nSPS) is 10.8. The second kappa shape index (κ2) is 5.54. The topological polar surface area (TPSA) is 34.0 Å². The molecule has 0 saturated heterocycles. The summed E-state index contributed by atoms with van der Waals surface area (Å²) in [6.07, 6.45) is 1.70. The maximum atomic E-state index is 12.2. The van der Waals surface area contributed by atoms with E-state index in [1.807, 2.05) is 36.4 Å². The van der Waals surface area contributed by atoms with Crippen LogP contribution in [0.4, 0.5) is 5.69 Å². The minimum Gasteiger partial charge on any atom is -0.345 e. The molecule has 5 heteroatoms. The number of nitrogens with one attached hydrogen (secondary N) is 1. The fourth-order valence-electron chi connectivity index (χ4n) is 2.24. The standard InChI is InChI=1S/C16H12BrClN2O/c1-20-9-13(18)8-15(20)16(21)19-14-5-3-10-6-12(17)4-2-11(10)7-14/h2-9H,1H3,(H,19,21). The van der Waals surface area contributed by atoms with Crippen LogP contribution in [0, 0.1) is 0 Å². The number of carbonyl (C=O) groups excluding carboxylic acids is 1. The number of benzene rings is 2. The Balaban J connectivity index is 1.89. The molecule has 1 amide bonds. The second-order valence-electron chi connectivity index (χ2n) is 4.81. The third-order valence-electron chi connectivity index (χ3n) is 3.26. The Morgan fingerprint density at radius 3 is 2.57 bits per heavy atom.